The van der Waals surface area contributed by atoms with Gasteiger partial charge in [-0.1, -0.05) is 36.4 Å². The SMILES string of the molecule is Cc1c(-c2ccc(CN)cc2)ccc2c1OC(C)(C)C2. The maximum absolute atomic E-state index is 6.11. The van der Waals surface area contributed by atoms with Gasteiger partial charge in [-0.25, -0.2) is 0 Å². The summed E-state index contributed by atoms with van der Waals surface area (Å²) in [5.74, 6) is 1.07. The van der Waals surface area contributed by atoms with Crippen LogP contribution in [0.5, 0.6) is 5.75 Å². The second kappa shape index (κ2) is 4.64. The van der Waals surface area contributed by atoms with Gasteiger partial charge in [-0.05, 0) is 48.6 Å². The van der Waals surface area contributed by atoms with Crippen LogP contribution < -0.4 is 10.5 Å². The standard InChI is InChI=1S/C18H21NO/c1-12-16(14-6-4-13(11-19)5-7-14)9-8-15-10-18(2,3)20-17(12)15/h4-9H,10-11,19H2,1-3H3. The molecule has 2 N–H and O–H groups in total. The summed E-state index contributed by atoms with van der Waals surface area (Å²) in [6.45, 7) is 7.01. The summed E-state index contributed by atoms with van der Waals surface area (Å²) < 4.78 is 6.11. The molecule has 0 spiro atoms. The molecule has 0 saturated carbocycles. The van der Waals surface area contributed by atoms with Gasteiger partial charge in [0.05, 0.1) is 0 Å². The molecule has 0 aliphatic carbocycles. The Labute approximate surface area is 120 Å². The molecule has 20 heavy (non-hydrogen) atoms. The molecule has 0 aromatic heterocycles. The molecule has 2 aromatic carbocycles. The normalized spacial score (nSPS) is 15.8. The molecule has 3 rings (SSSR count). The van der Waals surface area contributed by atoms with Gasteiger partial charge >= 0.3 is 0 Å². The monoisotopic (exact) mass is 267 g/mol. The number of fused-ring (bicyclic) bond motifs is 1. The summed E-state index contributed by atoms with van der Waals surface area (Å²) in [4.78, 5) is 0. The van der Waals surface area contributed by atoms with Crippen LogP contribution in [0.1, 0.15) is 30.5 Å². The lowest BCUT2D eigenvalue weighted by Crippen LogP contribution is -2.24. The molecule has 2 nitrogen and oxygen atoms in total. The third-order valence-electron chi connectivity index (χ3n) is 3.98. The Morgan fingerprint density at radius 3 is 2.45 bits per heavy atom. The molecule has 0 unspecified atom stereocenters. The third-order valence-corrected chi connectivity index (χ3v) is 3.98. The van der Waals surface area contributed by atoms with Crippen molar-refractivity contribution in [1.29, 1.82) is 0 Å². The van der Waals surface area contributed by atoms with Crippen LogP contribution in [0, 0.1) is 6.92 Å². The van der Waals surface area contributed by atoms with Crippen molar-refractivity contribution in [2.75, 3.05) is 0 Å². The Hall–Kier alpha value is -1.80. The molecule has 0 saturated heterocycles. The molecular weight excluding hydrogens is 246 g/mol. The second-order valence-electron chi connectivity index (χ2n) is 6.17. The molecular formula is C18H21NO. The van der Waals surface area contributed by atoms with Gasteiger partial charge < -0.3 is 10.5 Å². The Kier molecular flexibility index (Phi) is 3.06. The van der Waals surface area contributed by atoms with Gasteiger partial charge in [0.25, 0.3) is 0 Å². The van der Waals surface area contributed by atoms with Crippen LogP contribution in [-0.2, 0) is 13.0 Å². The van der Waals surface area contributed by atoms with Crippen LogP contribution in [0.2, 0.25) is 0 Å². The first-order valence-corrected chi connectivity index (χ1v) is 7.11. The molecule has 2 aromatic rings. The van der Waals surface area contributed by atoms with Gasteiger partial charge in [0.1, 0.15) is 11.4 Å². The van der Waals surface area contributed by atoms with Gasteiger partial charge in [-0.2, -0.15) is 0 Å². The highest BCUT2D eigenvalue weighted by atomic mass is 16.5. The minimum absolute atomic E-state index is 0.0882. The maximum atomic E-state index is 6.11. The van der Waals surface area contributed by atoms with E-state index in [0.29, 0.717) is 6.54 Å². The van der Waals surface area contributed by atoms with Crippen LogP contribution in [0.3, 0.4) is 0 Å². The average molecular weight is 267 g/mol. The first-order chi connectivity index (χ1) is 9.50. The molecule has 0 fully saturated rings. The van der Waals surface area contributed by atoms with Crippen molar-refractivity contribution in [1.82, 2.24) is 0 Å². The molecule has 0 atom stereocenters. The summed E-state index contributed by atoms with van der Waals surface area (Å²) in [5, 5.41) is 0. The number of nitrogens with two attached hydrogens (primary N) is 1. The Bertz CT molecular complexity index is 641. The van der Waals surface area contributed by atoms with E-state index in [-0.39, 0.29) is 5.60 Å². The highest BCUT2D eigenvalue weighted by molar-refractivity contribution is 5.71. The van der Waals surface area contributed by atoms with Crippen molar-refractivity contribution in [3.05, 3.63) is 53.1 Å². The topological polar surface area (TPSA) is 35.2 Å². The summed E-state index contributed by atoms with van der Waals surface area (Å²) in [7, 11) is 0. The van der Waals surface area contributed by atoms with E-state index in [4.69, 9.17) is 10.5 Å². The highest BCUT2D eigenvalue weighted by Crippen LogP contribution is 2.41. The van der Waals surface area contributed by atoms with Gasteiger partial charge in [0, 0.05) is 13.0 Å². The van der Waals surface area contributed by atoms with Crippen LogP contribution in [0.4, 0.5) is 0 Å². The van der Waals surface area contributed by atoms with E-state index in [1.54, 1.807) is 0 Å². The lowest BCUT2D eigenvalue weighted by Gasteiger charge is -2.18. The maximum Gasteiger partial charge on any atom is 0.126 e. The predicted octanol–water partition coefficient (Wildman–Crippen LogP) is 3.83. The van der Waals surface area contributed by atoms with Crippen molar-refractivity contribution in [3.63, 3.8) is 0 Å². The van der Waals surface area contributed by atoms with Crippen molar-refractivity contribution >= 4 is 0 Å². The van der Waals surface area contributed by atoms with Gasteiger partial charge in [-0.3, -0.25) is 0 Å². The number of hydrogen-bond donors (Lipinski definition) is 1. The molecule has 104 valence electrons. The predicted molar refractivity (Wildman–Crippen MR) is 82.9 cm³/mol. The molecule has 2 heteroatoms. The number of benzene rings is 2. The van der Waals surface area contributed by atoms with Crippen molar-refractivity contribution < 1.29 is 4.74 Å². The van der Waals surface area contributed by atoms with E-state index in [9.17, 15) is 0 Å². The van der Waals surface area contributed by atoms with Crippen LogP contribution in [-0.4, -0.2) is 5.60 Å². The van der Waals surface area contributed by atoms with Gasteiger partial charge in [-0.15, -0.1) is 0 Å². The summed E-state index contributed by atoms with van der Waals surface area (Å²) in [6, 6.07) is 12.9. The lowest BCUT2D eigenvalue weighted by atomic mass is 9.95. The molecule has 0 amide bonds. The smallest absolute Gasteiger partial charge is 0.126 e. The summed E-state index contributed by atoms with van der Waals surface area (Å²) in [5.41, 5.74) is 11.7. The van der Waals surface area contributed by atoms with Crippen LogP contribution in [0.15, 0.2) is 36.4 Å². The van der Waals surface area contributed by atoms with E-state index in [0.717, 1.165) is 17.7 Å². The Morgan fingerprint density at radius 1 is 1.10 bits per heavy atom. The number of ether oxygens (including phenoxy) is 1. The highest BCUT2D eigenvalue weighted by Gasteiger charge is 2.31. The quantitative estimate of drug-likeness (QED) is 0.897. The minimum atomic E-state index is -0.0882. The average Bonchev–Trinajstić information content (AvgIpc) is 2.75. The fourth-order valence-electron chi connectivity index (χ4n) is 2.93. The zero-order valence-electron chi connectivity index (χ0n) is 12.4. The fourth-order valence-corrected chi connectivity index (χ4v) is 2.93. The van der Waals surface area contributed by atoms with Crippen LogP contribution in [0.25, 0.3) is 11.1 Å². The third kappa shape index (κ3) is 2.20. The zero-order valence-corrected chi connectivity index (χ0v) is 12.4. The number of hydrogen-bond acceptors (Lipinski definition) is 2. The molecule has 0 radical (unpaired) electrons. The summed E-state index contributed by atoms with van der Waals surface area (Å²) >= 11 is 0. The second-order valence-corrected chi connectivity index (χ2v) is 6.17. The molecule has 1 aliphatic heterocycles. The minimum Gasteiger partial charge on any atom is -0.487 e. The van der Waals surface area contributed by atoms with Crippen molar-refractivity contribution in [2.45, 2.75) is 39.3 Å². The Balaban J connectivity index is 2.04. The van der Waals surface area contributed by atoms with E-state index >= 15 is 0 Å². The Morgan fingerprint density at radius 2 is 1.80 bits per heavy atom. The number of rotatable bonds is 2. The molecule has 0 bridgehead atoms. The first kappa shape index (κ1) is 13.2. The van der Waals surface area contributed by atoms with Gasteiger partial charge in [0.15, 0.2) is 0 Å². The molecule has 1 aliphatic rings. The van der Waals surface area contributed by atoms with E-state index in [2.05, 4.69) is 57.2 Å². The van der Waals surface area contributed by atoms with E-state index in [1.807, 2.05) is 0 Å². The zero-order chi connectivity index (χ0) is 14.3. The van der Waals surface area contributed by atoms with Gasteiger partial charge in [0.2, 0.25) is 0 Å². The van der Waals surface area contributed by atoms with E-state index < -0.39 is 0 Å². The fraction of sp³-hybridized carbons (Fsp3) is 0.333. The van der Waals surface area contributed by atoms with Crippen molar-refractivity contribution in [3.8, 4) is 16.9 Å². The first-order valence-electron chi connectivity index (χ1n) is 7.11. The van der Waals surface area contributed by atoms with Crippen molar-refractivity contribution in [2.24, 2.45) is 5.73 Å². The summed E-state index contributed by atoms with van der Waals surface area (Å²) in [6.07, 6.45) is 0.982. The lowest BCUT2D eigenvalue weighted by molar-refractivity contribution is 0.137. The van der Waals surface area contributed by atoms with E-state index in [1.165, 1.54) is 22.3 Å². The molecule has 1 heterocycles. The largest absolute Gasteiger partial charge is 0.487 e. The van der Waals surface area contributed by atoms with Crippen LogP contribution >= 0.6 is 0 Å².